The Bertz CT molecular complexity index is 524. The molecule has 1 aromatic rings. The number of anilines is 1. The second kappa shape index (κ2) is 8.00. The van der Waals surface area contributed by atoms with Crippen molar-refractivity contribution in [2.24, 2.45) is 0 Å². The predicted octanol–water partition coefficient (Wildman–Crippen LogP) is -0.702. The molecule has 0 aromatic carbocycles. The Morgan fingerprint density at radius 1 is 1.29 bits per heavy atom. The van der Waals surface area contributed by atoms with Gasteiger partial charge in [0.2, 0.25) is 5.13 Å². The first-order valence-corrected chi connectivity index (χ1v) is 8.74. The van der Waals surface area contributed by atoms with Crippen LogP contribution in [-0.4, -0.2) is 82.3 Å². The number of hydrogen-bond donors (Lipinski definition) is 4. The molecule has 9 nitrogen and oxygen atoms in total. The fourth-order valence-corrected chi connectivity index (χ4v) is 3.69. The fraction of sp³-hybridized carbons (Fsp3) is 0.857. The first-order valence-electron chi connectivity index (χ1n) is 7.97. The van der Waals surface area contributed by atoms with Crippen LogP contribution in [0.3, 0.4) is 0 Å². The normalized spacial score (nSPS) is 35.1. The van der Waals surface area contributed by atoms with Gasteiger partial charge >= 0.3 is 0 Å². The molecule has 0 bridgehead atoms. The van der Waals surface area contributed by atoms with Crippen molar-refractivity contribution in [3.05, 3.63) is 5.82 Å². The van der Waals surface area contributed by atoms with Gasteiger partial charge in [-0.15, -0.1) is 0 Å². The third-order valence-electron chi connectivity index (χ3n) is 4.43. The largest absolute Gasteiger partial charge is 0.394 e. The average molecular weight is 361 g/mol. The van der Waals surface area contributed by atoms with Gasteiger partial charge in [0, 0.05) is 37.8 Å². The molecule has 24 heavy (non-hydrogen) atoms. The first kappa shape index (κ1) is 17.9. The minimum atomic E-state index is -1.22. The Kier molecular flexibility index (Phi) is 5.98. The third kappa shape index (κ3) is 3.69. The van der Waals surface area contributed by atoms with E-state index in [9.17, 15) is 15.3 Å². The summed E-state index contributed by atoms with van der Waals surface area (Å²) < 4.78 is 20.4. The van der Waals surface area contributed by atoms with Crippen molar-refractivity contribution in [3.8, 4) is 0 Å². The van der Waals surface area contributed by atoms with Crippen molar-refractivity contribution in [2.45, 2.75) is 49.4 Å². The zero-order chi connectivity index (χ0) is 17.1. The summed E-state index contributed by atoms with van der Waals surface area (Å²) in [6.45, 7) is 1.02. The number of ether oxygens (including phenoxy) is 3. The molecule has 10 heteroatoms. The third-order valence-corrected chi connectivity index (χ3v) is 5.09. The molecule has 2 fully saturated rings. The van der Waals surface area contributed by atoms with Crippen LogP contribution in [0, 0.1) is 0 Å². The van der Waals surface area contributed by atoms with Crippen molar-refractivity contribution >= 4 is 16.7 Å². The molecule has 0 radical (unpaired) electrons. The molecule has 136 valence electrons. The van der Waals surface area contributed by atoms with Crippen LogP contribution in [0.15, 0.2) is 0 Å². The highest BCUT2D eigenvalue weighted by atomic mass is 32.1. The van der Waals surface area contributed by atoms with E-state index in [4.69, 9.17) is 14.2 Å². The van der Waals surface area contributed by atoms with Gasteiger partial charge in [-0.25, -0.2) is 4.98 Å². The van der Waals surface area contributed by atoms with Gasteiger partial charge in [-0.05, 0) is 12.8 Å². The minimum Gasteiger partial charge on any atom is -0.394 e. The molecule has 5 atom stereocenters. The van der Waals surface area contributed by atoms with Gasteiger partial charge in [0.1, 0.15) is 30.2 Å². The van der Waals surface area contributed by atoms with E-state index in [-0.39, 0.29) is 5.92 Å². The highest BCUT2D eigenvalue weighted by molar-refractivity contribution is 7.09. The van der Waals surface area contributed by atoms with Crippen molar-refractivity contribution in [2.75, 3.05) is 32.2 Å². The van der Waals surface area contributed by atoms with Gasteiger partial charge in [-0.1, -0.05) is 0 Å². The molecule has 0 spiro atoms. The van der Waals surface area contributed by atoms with Gasteiger partial charge in [0.25, 0.3) is 0 Å². The van der Waals surface area contributed by atoms with Gasteiger partial charge < -0.3 is 34.8 Å². The van der Waals surface area contributed by atoms with E-state index >= 15 is 0 Å². The summed E-state index contributed by atoms with van der Waals surface area (Å²) in [4.78, 5) is 4.48. The maximum absolute atomic E-state index is 10.3. The van der Waals surface area contributed by atoms with E-state index in [0.717, 1.165) is 18.7 Å². The highest BCUT2D eigenvalue weighted by Gasteiger charge is 2.45. The number of nitrogens with one attached hydrogen (secondary N) is 1. The molecule has 0 unspecified atom stereocenters. The second-order valence-electron chi connectivity index (χ2n) is 5.96. The van der Waals surface area contributed by atoms with Crippen molar-refractivity contribution in [3.63, 3.8) is 0 Å². The van der Waals surface area contributed by atoms with Crippen LogP contribution >= 0.6 is 11.5 Å². The van der Waals surface area contributed by atoms with Gasteiger partial charge in [0.15, 0.2) is 6.29 Å². The Morgan fingerprint density at radius 2 is 2.04 bits per heavy atom. The number of aliphatic hydroxyl groups is 3. The van der Waals surface area contributed by atoms with Crippen LogP contribution in [0.4, 0.5) is 5.13 Å². The van der Waals surface area contributed by atoms with E-state index in [1.807, 2.05) is 0 Å². The van der Waals surface area contributed by atoms with E-state index in [1.54, 1.807) is 0 Å². The van der Waals surface area contributed by atoms with Gasteiger partial charge in [-0.2, -0.15) is 4.37 Å². The lowest BCUT2D eigenvalue weighted by molar-refractivity contribution is -0.254. The lowest BCUT2D eigenvalue weighted by atomic mass is 9.97. The van der Waals surface area contributed by atoms with Gasteiger partial charge in [0.05, 0.1) is 6.61 Å². The smallest absolute Gasteiger partial charge is 0.203 e. The van der Waals surface area contributed by atoms with Crippen molar-refractivity contribution < 1.29 is 29.5 Å². The quantitative estimate of drug-likeness (QED) is 0.538. The van der Waals surface area contributed by atoms with Crippen LogP contribution in [0.1, 0.15) is 24.6 Å². The van der Waals surface area contributed by atoms with Crippen LogP contribution in [0.5, 0.6) is 0 Å². The molecule has 0 amide bonds. The maximum atomic E-state index is 10.3. The summed E-state index contributed by atoms with van der Waals surface area (Å²) in [5.74, 6) is 1.04. The molecule has 3 heterocycles. The molecule has 3 rings (SSSR count). The Balaban J connectivity index is 1.68. The molecule has 0 aliphatic carbocycles. The van der Waals surface area contributed by atoms with Crippen LogP contribution in [-0.2, 0) is 14.2 Å². The summed E-state index contributed by atoms with van der Waals surface area (Å²) in [6, 6.07) is -0.719. The fourth-order valence-electron chi connectivity index (χ4n) is 3.00. The Labute approximate surface area is 143 Å². The zero-order valence-electron chi connectivity index (χ0n) is 13.4. The van der Waals surface area contributed by atoms with Crippen LogP contribution < -0.4 is 5.32 Å². The van der Waals surface area contributed by atoms with Gasteiger partial charge in [-0.3, -0.25) is 0 Å². The minimum absolute atomic E-state index is 0.278. The molecule has 2 aliphatic heterocycles. The number of rotatable bonds is 5. The summed E-state index contributed by atoms with van der Waals surface area (Å²) in [7, 11) is 1.44. The molecular formula is C14H23N3O6S. The predicted molar refractivity (Wildman–Crippen MR) is 84.9 cm³/mol. The summed E-state index contributed by atoms with van der Waals surface area (Å²) >= 11 is 1.19. The Hall–Kier alpha value is -0.880. The van der Waals surface area contributed by atoms with E-state index in [0.29, 0.717) is 18.3 Å². The number of methoxy groups -OCH3 is 1. The zero-order valence-corrected chi connectivity index (χ0v) is 14.2. The van der Waals surface area contributed by atoms with Crippen LogP contribution in [0.2, 0.25) is 0 Å². The molecular weight excluding hydrogens is 338 g/mol. The number of nitrogens with zero attached hydrogens (tertiary/aromatic N) is 2. The van der Waals surface area contributed by atoms with E-state index in [1.165, 1.54) is 18.6 Å². The summed E-state index contributed by atoms with van der Waals surface area (Å²) in [5, 5.41) is 33.1. The van der Waals surface area contributed by atoms with E-state index in [2.05, 4.69) is 14.7 Å². The SMILES string of the molecule is CO[C@H]1O[C@H](CO)[C@H](O)[C@H](O)[C@H]1Nc1nc(C2CCOCC2)ns1. The number of aromatic nitrogens is 2. The molecule has 2 aliphatic rings. The second-order valence-corrected chi connectivity index (χ2v) is 6.71. The summed E-state index contributed by atoms with van der Waals surface area (Å²) in [6.07, 6.45) is -2.32. The van der Waals surface area contributed by atoms with E-state index < -0.39 is 37.3 Å². The topological polar surface area (TPSA) is 126 Å². The number of aliphatic hydroxyl groups excluding tert-OH is 3. The molecule has 2 saturated heterocycles. The Morgan fingerprint density at radius 3 is 2.71 bits per heavy atom. The lowest BCUT2D eigenvalue weighted by Gasteiger charge is -2.41. The monoisotopic (exact) mass is 361 g/mol. The number of hydrogen-bond acceptors (Lipinski definition) is 10. The van der Waals surface area contributed by atoms with Crippen LogP contribution in [0.25, 0.3) is 0 Å². The summed E-state index contributed by atoms with van der Waals surface area (Å²) in [5.41, 5.74) is 0. The molecule has 1 aromatic heterocycles. The molecule has 0 saturated carbocycles. The highest BCUT2D eigenvalue weighted by Crippen LogP contribution is 2.29. The lowest BCUT2D eigenvalue weighted by Crippen LogP contribution is -2.61. The van der Waals surface area contributed by atoms with Crippen molar-refractivity contribution in [1.82, 2.24) is 9.36 Å². The standard InChI is InChI=1S/C14H23N3O6S/c1-21-13-9(11(20)10(19)8(6-18)23-13)15-14-16-12(17-24-14)7-2-4-22-5-3-7/h7-11,13,18-20H,2-6H2,1H3,(H,15,16,17)/t8-,9-,10+,11-,13+/m1/s1. The molecule has 4 N–H and O–H groups in total. The maximum Gasteiger partial charge on any atom is 0.203 e. The average Bonchev–Trinajstić information content (AvgIpc) is 3.09. The van der Waals surface area contributed by atoms with Crippen molar-refractivity contribution in [1.29, 1.82) is 0 Å². The first-order chi connectivity index (χ1) is 11.6.